The van der Waals surface area contributed by atoms with Crippen LogP contribution in [0.1, 0.15) is 15.9 Å². The number of rotatable bonds is 2. The first-order valence-electron chi connectivity index (χ1n) is 5.90. The molecule has 0 bridgehead atoms. The van der Waals surface area contributed by atoms with Gasteiger partial charge in [0, 0.05) is 23.6 Å². The van der Waals surface area contributed by atoms with E-state index in [0.29, 0.717) is 16.8 Å². The number of amides is 1. The Morgan fingerprint density at radius 2 is 2.05 bits per heavy atom. The number of anilines is 1. The van der Waals surface area contributed by atoms with Crippen LogP contribution >= 0.6 is 0 Å². The monoisotopic (exact) mass is 269 g/mol. The van der Waals surface area contributed by atoms with Gasteiger partial charge in [-0.2, -0.15) is 0 Å². The number of benzene rings is 1. The number of carbonyl (C=O) groups is 1. The van der Waals surface area contributed by atoms with E-state index < -0.39 is 0 Å². The first-order chi connectivity index (χ1) is 9.69. The highest BCUT2D eigenvalue weighted by atomic mass is 19.1. The van der Waals surface area contributed by atoms with Crippen LogP contribution in [-0.2, 0) is 0 Å². The first kappa shape index (κ1) is 13.7. The van der Waals surface area contributed by atoms with Gasteiger partial charge < -0.3 is 11.1 Å². The molecule has 0 aliphatic heterocycles. The van der Waals surface area contributed by atoms with E-state index in [1.807, 2.05) is 0 Å². The van der Waals surface area contributed by atoms with E-state index >= 15 is 0 Å². The lowest BCUT2D eigenvalue weighted by Gasteiger charge is -2.05. The molecule has 1 aromatic heterocycles. The van der Waals surface area contributed by atoms with E-state index in [0.717, 1.165) is 0 Å². The fraction of sp³-hybridized carbons (Fsp3) is 0.0667. The molecular formula is C15H12FN3O. The second-order valence-corrected chi connectivity index (χ2v) is 3.93. The minimum absolute atomic E-state index is 0.242. The van der Waals surface area contributed by atoms with Gasteiger partial charge in [-0.1, -0.05) is 11.8 Å². The maximum absolute atomic E-state index is 12.8. The van der Waals surface area contributed by atoms with Gasteiger partial charge >= 0.3 is 0 Å². The molecular weight excluding hydrogens is 257 g/mol. The molecule has 20 heavy (non-hydrogen) atoms. The lowest BCUT2D eigenvalue weighted by molar-refractivity contribution is 0.102. The van der Waals surface area contributed by atoms with Crippen molar-refractivity contribution >= 4 is 11.6 Å². The molecule has 0 radical (unpaired) electrons. The number of carbonyl (C=O) groups excluding carboxylic acids is 1. The molecule has 0 aliphatic carbocycles. The number of nitrogens with two attached hydrogens (primary N) is 1. The summed E-state index contributed by atoms with van der Waals surface area (Å²) in [4.78, 5) is 16.0. The van der Waals surface area contributed by atoms with Crippen molar-refractivity contribution in [2.24, 2.45) is 5.73 Å². The summed E-state index contributed by atoms with van der Waals surface area (Å²) < 4.78 is 12.8. The zero-order valence-electron chi connectivity index (χ0n) is 10.6. The SMILES string of the molecule is NCC#Cc1cncc(C(=O)Nc2ccc(F)cc2)c1. The van der Waals surface area contributed by atoms with Crippen molar-refractivity contribution in [1.82, 2.24) is 4.98 Å². The fourth-order valence-corrected chi connectivity index (χ4v) is 1.52. The molecule has 0 atom stereocenters. The molecule has 1 heterocycles. The quantitative estimate of drug-likeness (QED) is 0.817. The Morgan fingerprint density at radius 1 is 1.30 bits per heavy atom. The summed E-state index contributed by atoms with van der Waals surface area (Å²) in [5.41, 5.74) is 6.78. The van der Waals surface area contributed by atoms with Crippen LogP contribution in [0.3, 0.4) is 0 Å². The third kappa shape index (κ3) is 3.64. The van der Waals surface area contributed by atoms with Crippen molar-refractivity contribution in [3.05, 3.63) is 59.7 Å². The first-order valence-corrected chi connectivity index (χ1v) is 5.90. The Hall–Kier alpha value is -2.71. The van der Waals surface area contributed by atoms with Crippen LogP contribution in [0.4, 0.5) is 10.1 Å². The smallest absolute Gasteiger partial charge is 0.257 e. The average Bonchev–Trinajstić information content (AvgIpc) is 2.48. The minimum atomic E-state index is -0.358. The van der Waals surface area contributed by atoms with E-state index in [1.54, 1.807) is 12.3 Å². The topological polar surface area (TPSA) is 68.0 Å². The highest BCUT2D eigenvalue weighted by Gasteiger charge is 2.07. The highest BCUT2D eigenvalue weighted by molar-refractivity contribution is 6.04. The Bertz CT molecular complexity index is 672. The Morgan fingerprint density at radius 3 is 2.75 bits per heavy atom. The van der Waals surface area contributed by atoms with Crippen LogP contribution in [0.5, 0.6) is 0 Å². The van der Waals surface area contributed by atoms with Crippen LogP contribution in [-0.4, -0.2) is 17.4 Å². The number of nitrogens with zero attached hydrogens (tertiary/aromatic N) is 1. The standard InChI is InChI=1S/C15H12FN3O/c16-13-3-5-14(6-4-13)19-15(20)12-8-11(2-1-7-17)9-18-10-12/h3-6,8-10H,7,17H2,(H,19,20). The van der Waals surface area contributed by atoms with Gasteiger partial charge in [0.1, 0.15) is 5.82 Å². The normalized spacial score (nSPS) is 9.50. The Labute approximate surface area is 115 Å². The number of pyridine rings is 1. The van der Waals surface area contributed by atoms with Crippen molar-refractivity contribution in [3.8, 4) is 11.8 Å². The summed E-state index contributed by atoms with van der Waals surface area (Å²) in [6.45, 7) is 0.242. The molecule has 4 nitrogen and oxygen atoms in total. The van der Waals surface area contributed by atoms with Crippen molar-refractivity contribution in [2.45, 2.75) is 0 Å². The number of nitrogens with one attached hydrogen (secondary N) is 1. The van der Waals surface area contributed by atoms with Crippen LogP contribution < -0.4 is 11.1 Å². The number of hydrogen-bond acceptors (Lipinski definition) is 3. The summed E-state index contributed by atoms with van der Waals surface area (Å²) in [6, 6.07) is 7.14. The molecule has 5 heteroatoms. The third-order valence-corrected chi connectivity index (χ3v) is 2.44. The molecule has 1 amide bonds. The van der Waals surface area contributed by atoms with E-state index in [2.05, 4.69) is 22.1 Å². The minimum Gasteiger partial charge on any atom is -0.322 e. The highest BCUT2D eigenvalue weighted by Crippen LogP contribution is 2.10. The van der Waals surface area contributed by atoms with E-state index in [-0.39, 0.29) is 18.3 Å². The van der Waals surface area contributed by atoms with Gasteiger partial charge in [-0.15, -0.1) is 0 Å². The summed E-state index contributed by atoms with van der Waals surface area (Å²) in [6.07, 6.45) is 2.99. The lowest BCUT2D eigenvalue weighted by Crippen LogP contribution is -2.12. The van der Waals surface area contributed by atoms with Crippen molar-refractivity contribution in [2.75, 3.05) is 11.9 Å². The maximum Gasteiger partial charge on any atom is 0.257 e. The van der Waals surface area contributed by atoms with Gasteiger partial charge in [-0.25, -0.2) is 4.39 Å². The molecule has 0 aliphatic rings. The summed E-state index contributed by atoms with van der Waals surface area (Å²) in [5.74, 6) is 4.80. The fourth-order valence-electron chi connectivity index (χ4n) is 1.52. The molecule has 0 saturated carbocycles. The van der Waals surface area contributed by atoms with Crippen LogP contribution in [0.25, 0.3) is 0 Å². The predicted octanol–water partition coefficient (Wildman–Crippen LogP) is 1.78. The second-order valence-electron chi connectivity index (χ2n) is 3.93. The van der Waals surface area contributed by atoms with Gasteiger partial charge in [0.05, 0.1) is 12.1 Å². The second kappa shape index (κ2) is 6.45. The molecule has 0 spiro atoms. The molecule has 0 saturated heterocycles. The van der Waals surface area contributed by atoms with E-state index in [4.69, 9.17) is 5.73 Å². The Kier molecular flexibility index (Phi) is 4.43. The number of hydrogen-bond donors (Lipinski definition) is 2. The van der Waals surface area contributed by atoms with Gasteiger partial charge in [-0.05, 0) is 30.3 Å². The molecule has 100 valence electrons. The van der Waals surface area contributed by atoms with E-state index in [9.17, 15) is 9.18 Å². The molecule has 0 unspecified atom stereocenters. The van der Waals surface area contributed by atoms with Crippen molar-refractivity contribution < 1.29 is 9.18 Å². The zero-order chi connectivity index (χ0) is 14.4. The summed E-state index contributed by atoms with van der Waals surface area (Å²) >= 11 is 0. The molecule has 3 N–H and O–H groups in total. The van der Waals surface area contributed by atoms with Gasteiger partial charge in [0.25, 0.3) is 5.91 Å². The molecule has 2 rings (SSSR count). The number of aromatic nitrogens is 1. The van der Waals surface area contributed by atoms with Crippen LogP contribution in [0.15, 0.2) is 42.7 Å². The summed E-state index contributed by atoms with van der Waals surface area (Å²) in [5, 5.41) is 2.65. The largest absolute Gasteiger partial charge is 0.322 e. The van der Waals surface area contributed by atoms with Crippen LogP contribution in [0.2, 0.25) is 0 Å². The van der Waals surface area contributed by atoms with Crippen molar-refractivity contribution in [3.63, 3.8) is 0 Å². The molecule has 2 aromatic rings. The summed E-state index contributed by atoms with van der Waals surface area (Å²) in [7, 11) is 0. The predicted molar refractivity (Wildman–Crippen MR) is 74.5 cm³/mol. The molecule has 1 aromatic carbocycles. The van der Waals surface area contributed by atoms with Crippen LogP contribution in [0, 0.1) is 17.7 Å². The Balaban J connectivity index is 2.14. The molecule has 0 fully saturated rings. The lowest BCUT2D eigenvalue weighted by atomic mass is 10.2. The van der Waals surface area contributed by atoms with Crippen molar-refractivity contribution in [1.29, 1.82) is 0 Å². The average molecular weight is 269 g/mol. The maximum atomic E-state index is 12.8. The van der Waals surface area contributed by atoms with Gasteiger partial charge in [-0.3, -0.25) is 9.78 Å². The van der Waals surface area contributed by atoms with Gasteiger partial charge in [0.2, 0.25) is 0 Å². The third-order valence-electron chi connectivity index (χ3n) is 2.44. The number of halogens is 1. The zero-order valence-corrected chi connectivity index (χ0v) is 10.6. The van der Waals surface area contributed by atoms with E-state index in [1.165, 1.54) is 30.5 Å². The van der Waals surface area contributed by atoms with Gasteiger partial charge in [0.15, 0.2) is 0 Å².